The SMILES string of the molecule is CN(C)[C@@H]1C(=O)C(C(N)=O)=C(O)[C@@]2(O)C(=O)C3=C(O)c4c(c(F)c5ccc(CNCC6CC6)cc5c4O)C[C@H]3C[C@@H]12. The Morgan fingerprint density at radius 1 is 1.17 bits per heavy atom. The molecular weight excluding hydrogens is 533 g/mol. The molecule has 0 spiro atoms. The molecule has 41 heavy (non-hydrogen) atoms. The summed E-state index contributed by atoms with van der Waals surface area (Å²) in [5.74, 6) is -7.59. The summed E-state index contributed by atoms with van der Waals surface area (Å²) < 4.78 is 16.0. The van der Waals surface area contributed by atoms with Gasteiger partial charge in [0.05, 0.1) is 11.6 Å². The van der Waals surface area contributed by atoms with Crippen LogP contribution >= 0.6 is 0 Å². The van der Waals surface area contributed by atoms with Gasteiger partial charge >= 0.3 is 0 Å². The molecule has 0 heterocycles. The first-order valence-corrected chi connectivity index (χ1v) is 13.7. The smallest absolute Gasteiger partial charge is 0.255 e. The van der Waals surface area contributed by atoms with E-state index in [0.717, 1.165) is 12.1 Å². The van der Waals surface area contributed by atoms with Gasteiger partial charge < -0.3 is 31.5 Å². The van der Waals surface area contributed by atoms with Gasteiger partial charge in [-0.1, -0.05) is 12.1 Å². The largest absolute Gasteiger partial charge is 0.508 e. The molecule has 11 heteroatoms. The number of nitrogens with one attached hydrogen (secondary N) is 1. The van der Waals surface area contributed by atoms with Crippen LogP contribution in [-0.4, -0.2) is 75.1 Å². The Hall–Kier alpha value is -3.80. The van der Waals surface area contributed by atoms with Gasteiger partial charge in [-0.25, -0.2) is 4.39 Å². The number of fused-ring (bicyclic) bond motifs is 4. The Labute approximate surface area is 234 Å². The van der Waals surface area contributed by atoms with Crippen molar-refractivity contribution in [1.29, 1.82) is 0 Å². The Balaban J connectivity index is 1.49. The summed E-state index contributed by atoms with van der Waals surface area (Å²) in [6.07, 6.45) is 2.18. The van der Waals surface area contributed by atoms with Crippen LogP contribution in [0.5, 0.6) is 5.75 Å². The van der Waals surface area contributed by atoms with Gasteiger partial charge in [0.25, 0.3) is 5.91 Å². The first-order chi connectivity index (χ1) is 19.4. The van der Waals surface area contributed by atoms with E-state index in [4.69, 9.17) is 5.73 Å². The van der Waals surface area contributed by atoms with Crippen LogP contribution < -0.4 is 11.1 Å². The molecular formula is C30H32FN3O7. The van der Waals surface area contributed by atoms with Crippen molar-refractivity contribution in [1.82, 2.24) is 10.2 Å². The molecule has 0 unspecified atom stereocenters. The van der Waals surface area contributed by atoms with Gasteiger partial charge in [-0.05, 0) is 69.8 Å². The average molecular weight is 566 g/mol. The summed E-state index contributed by atoms with van der Waals surface area (Å²) in [4.78, 5) is 40.7. The van der Waals surface area contributed by atoms with Crippen LogP contribution in [0, 0.1) is 23.6 Å². The summed E-state index contributed by atoms with van der Waals surface area (Å²) in [7, 11) is 3.04. The van der Waals surface area contributed by atoms with Crippen LogP contribution in [0.4, 0.5) is 4.39 Å². The van der Waals surface area contributed by atoms with Crippen molar-refractivity contribution in [2.45, 2.75) is 43.9 Å². The Morgan fingerprint density at radius 2 is 1.88 bits per heavy atom. The second-order valence-electron chi connectivity index (χ2n) is 11.9. The van der Waals surface area contributed by atoms with E-state index in [1.807, 2.05) is 0 Å². The minimum atomic E-state index is -2.74. The summed E-state index contributed by atoms with van der Waals surface area (Å²) >= 11 is 0. The molecule has 7 N–H and O–H groups in total. The minimum absolute atomic E-state index is 0.0141. The number of phenolic OH excluding ortho intramolecular Hbond substituents is 1. The number of benzene rings is 2. The lowest BCUT2D eigenvalue weighted by Gasteiger charge is -2.50. The van der Waals surface area contributed by atoms with Crippen LogP contribution in [0.15, 0.2) is 35.1 Å². The van der Waals surface area contributed by atoms with Crippen molar-refractivity contribution < 1.29 is 39.2 Å². The number of Topliss-reactive ketones (excluding diaryl/α,β-unsaturated/α-hetero) is 2. The van der Waals surface area contributed by atoms with Crippen molar-refractivity contribution in [3.05, 3.63) is 57.6 Å². The number of ketones is 2. The molecule has 2 fully saturated rings. The van der Waals surface area contributed by atoms with Crippen molar-refractivity contribution in [2.24, 2.45) is 23.5 Å². The van der Waals surface area contributed by atoms with Crippen molar-refractivity contribution in [3.63, 3.8) is 0 Å². The molecule has 4 aliphatic rings. The maximum absolute atomic E-state index is 16.0. The quantitative estimate of drug-likeness (QED) is 0.285. The second kappa shape index (κ2) is 9.37. The summed E-state index contributed by atoms with van der Waals surface area (Å²) in [5, 5.41) is 49.0. The van der Waals surface area contributed by atoms with E-state index < -0.39 is 69.6 Å². The first kappa shape index (κ1) is 27.4. The van der Waals surface area contributed by atoms with E-state index in [-0.39, 0.29) is 40.3 Å². The van der Waals surface area contributed by atoms with E-state index in [9.17, 15) is 34.8 Å². The number of carbonyl (C=O) groups excluding carboxylic acids is 3. The predicted octanol–water partition coefficient (Wildman–Crippen LogP) is 1.76. The molecule has 0 saturated heterocycles. The maximum atomic E-state index is 16.0. The number of amides is 1. The third kappa shape index (κ3) is 3.90. The number of likely N-dealkylation sites (N-methyl/N-ethyl adjacent to an activating group) is 1. The topological polar surface area (TPSA) is 173 Å². The lowest BCUT2D eigenvalue weighted by atomic mass is 9.57. The van der Waals surface area contributed by atoms with Gasteiger partial charge in [0.15, 0.2) is 11.4 Å². The number of nitrogens with two attached hydrogens (primary N) is 1. The number of aromatic hydroxyl groups is 1. The Morgan fingerprint density at radius 3 is 2.51 bits per heavy atom. The zero-order valence-corrected chi connectivity index (χ0v) is 22.7. The average Bonchev–Trinajstić information content (AvgIpc) is 3.73. The van der Waals surface area contributed by atoms with Crippen molar-refractivity contribution >= 4 is 34.0 Å². The molecule has 1 amide bonds. The summed E-state index contributed by atoms with van der Waals surface area (Å²) in [6.45, 7) is 1.37. The van der Waals surface area contributed by atoms with Crippen LogP contribution in [0.2, 0.25) is 0 Å². The van der Waals surface area contributed by atoms with Crippen LogP contribution in [0.1, 0.15) is 36.0 Å². The van der Waals surface area contributed by atoms with E-state index in [2.05, 4.69) is 5.32 Å². The standard InChI is InChI=1S/C30H32FN3O7/c1-34(2)23-18-9-14-8-17-20(25(36)19(14)27(38)30(18,41)28(39)21(26(23)37)29(32)40)24(35)16-7-13(5-6-15(16)22(17)31)11-33-10-12-3-4-12/h5-7,12,14,18,23,33,35-36,39,41H,3-4,8-11H2,1-2H3,(H2,32,40)/t14-,18-,23-,30-/m0/s1. The zero-order valence-electron chi connectivity index (χ0n) is 22.7. The zero-order chi connectivity index (χ0) is 29.5. The van der Waals surface area contributed by atoms with Crippen LogP contribution in [-0.2, 0) is 27.3 Å². The molecule has 2 saturated carbocycles. The molecule has 6 rings (SSSR count). The molecule has 10 nitrogen and oxygen atoms in total. The van der Waals surface area contributed by atoms with Gasteiger partial charge in [0, 0.05) is 34.4 Å². The van der Waals surface area contributed by atoms with Crippen molar-refractivity contribution in [2.75, 3.05) is 20.6 Å². The number of phenols is 1. The molecule has 4 aliphatic carbocycles. The molecule has 2 aromatic carbocycles. The Kier molecular flexibility index (Phi) is 6.25. The number of aliphatic hydroxyl groups excluding tert-OH is 2. The molecule has 216 valence electrons. The normalized spacial score (nSPS) is 27.8. The number of hydrogen-bond donors (Lipinski definition) is 6. The van der Waals surface area contributed by atoms with Crippen LogP contribution in [0.3, 0.4) is 0 Å². The molecule has 0 radical (unpaired) electrons. The molecule has 0 aliphatic heterocycles. The van der Waals surface area contributed by atoms with Gasteiger partial charge in [-0.15, -0.1) is 0 Å². The Bertz CT molecular complexity index is 1610. The summed E-state index contributed by atoms with van der Waals surface area (Å²) in [5.41, 5.74) is 1.98. The highest BCUT2D eigenvalue weighted by atomic mass is 19.1. The van der Waals surface area contributed by atoms with E-state index in [1.165, 1.54) is 31.8 Å². The fraction of sp³-hybridized carbons (Fsp3) is 0.433. The van der Waals surface area contributed by atoms with Crippen LogP contribution in [0.25, 0.3) is 16.5 Å². The lowest BCUT2D eigenvalue weighted by Crippen LogP contribution is -2.65. The number of nitrogens with zero attached hydrogens (tertiary/aromatic N) is 1. The van der Waals surface area contributed by atoms with Gasteiger partial charge in [0.1, 0.15) is 28.7 Å². The molecule has 2 aromatic rings. The maximum Gasteiger partial charge on any atom is 0.255 e. The number of hydrogen-bond acceptors (Lipinski definition) is 9. The number of halogens is 1. The van der Waals surface area contributed by atoms with Crippen molar-refractivity contribution in [3.8, 4) is 5.75 Å². The number of rotatable bonds is 6. The van der Waals surface area contributed by atoms with Gasteiger partial charge in [-0.3, -0.25) is 19.3 Å². The number of aliphatic hydroxyl groups is 3. The third-order valence-electron chi connectivity index (χ3n) is 9.15. The van der Waals surface area contributed by atoms with E-state index in [1.54, 1.807) is 18.2 Å². The fourth-order valence-corrected chi connectivity index (χ4v) is 6.96. The number of primary amides is 1. The monoisotopic (exact) mass is 565 g/mol. The fourth-order valence-electron chi connectivity index (χ4n) is 6.96. The minimum Gasteiger partial charge on any atom is -0.508 e. The highest BCUT2D eigenvalue weighted by Gasteiger charge is 2.64. The third-order valence-corrected chi connectivity index (χ3v) is 9.15. The van der Waals surface area contributed by atoms with E-state index >= 15 is 4.39 Å². The molecule has 0 aromatic heterocycles. The van der Waals surface area contributed by atoms with E-state index in [0.29, 0.717) is 12.5 Å². The molecule has 0 bridgehead atoms. The lowest BCUT2D eigenvalue weighted by molar-refractivity contribution is -0.153. The highest BCUT2D eigenvalue weighted by molar-refractivity contribution is 6.24. The first-order valence-electron chi connectivity index (χ1n) is 13.7. The molecule has 4 atom stereocenters. The second-order valence-corrected chi connectivity index (χ2v) is 11.9. The predicted molar refractivity (Wildman–Crippen MR) is 146 cm³/mol. The highest BCUT2D eigenvalue weighted by Crippen LogP contribution is 2.53. The van der Waals surface area contributed by atoms with Gasteiger partial charge in [-0.2, -0.15) is 0 Å². The summed E-state index contributed by atoms with van der Waals surface area (Å²) in [6, 6.07) is 3.78. The number of carbonyl (C=O) groups is 3. The van der Waals surface area contributed by atoms with Gasteiger partial charge in [0.2, 0.25) is 5.78 Å².